The Hall–Kier alpha value is -2.08. The molecule has 1 aromatic carbocycles. The minimum Gasteiger partial charge on any atom is -0.507 e. The molecule has 0 heterocycles. The zero-order valence-corrected chi connectivity index (χ0v) is 8.69. The summed E-state index contributed by atoms with van der Waals surface area (Å²) < 4.78 is 0. The summed E-state index contributed by atoms with van der Waals surface area (Å²) >= 11 is 0. The summed E-state index contributed by atoms with van der Waals surface area (Å²) in [6.07, 6.45) is 0. The number of carbonyl (C=O) groups is 2. The summed E-state index contributed by atoms with van der Waals surface area (Å²) in [5, 5.41) is 9.46. The van der Waals surface area contributed by atoms with Crippen LogP contribution in [0.2, 0.25) is 0 Å². The summed E-state index contributed by atoms with van der Waals surface area (Å²) in [4.78, 5) is 26.2. The number of hydrogen-bond acceptors (Lipinski definition) is 4. The molecule has 0 spiro atoms. The Morgan fingerprint density at radius 2 is 2.19 bits per heavy atom. The fourth-order valence-corrected chi connectivity index (χ4v) is 1.06. The van der Waals surface area contributed by atoms with E-state index >= 15 is 0 Å². The van der Waals surface area contributed by atoms with Crippen LogP contribution in [-0.4, -0.2) is 23.5 Å². The molecule has 0 aliphatic rings. The first-order valence-electron chi connectivity index (χ1n) is 4.50. The van der Waals surface area contributed by atoms with Crippen LogP contribution in [0.25, 0.3) is 0 Å². The Labute approximate surface area is 92.0 Å². The fourth-order valence-electron chi connectivity index (χ4n) is 1.06. The lowest BCUT2D eigenvalue weighted by molar-refractivity contribution is -0.124. The van der Waals surface area contributed by atoms with Gasteiger partial charge in [-0.2, -0.15) is 0 Å². The number of phenolic OH excluding ortho intramolecular Hbond substituents is 1. The number of amides is 2. The second kappa shape index (κ2) is 5.13. The molecule has 4 N–H and O–H groups in total. The van der Waals surface area contributed by atoms with Crippen molar-refractivity contribution in [3.8, 4) is 5.75 Å². The van der Waals surface area contributed by atoms with Crippen molar-refractivity contribution in [2.75, 3.05) is 6.61 Å². The number of nitrogens with one attached hydrogen (secondary N) is 1. The molecule has 0 saturated heterocycles. The van der Waals surface area contributed by atoms with E-state index in [-0.39, 0.29) is 11.3 Å². The van der Waals surface area contributed by atoms with E-state index in [1.54, 1.807) is 13.0 Å². The zero-order valence-electron chi connectivity index (χ0n) is 8.69. The van der Waals surface area contributed by atoms with Gasteiger partial charge in [-0.3, -0.25) is 14.4 Å². The van der Waals surface area contributed by atoms with E-state index in [4.69, 9.17) is 5.73 Å². The van der Waals surface area contributed by atoms with Gasteiger partial charge in [-0.1, -0.05) is 6.07 Å². The van der Waals surface area contributed by atoms with E-state index < -0.39 is 18.4 Å². The highest BCUT2D eigenvalue weighted by Gasteiger charge is 2.11. The predicted octanol–water partition coefficient (Wildman–Crippen LogP) is -0.153. The topological polar surface area (TPSA) is 102 Å². The number of hydroxylamine groups is 1. The predicted molar refractivity (Wildman–Crippen MR) is 55.5 cm³/mol. The van der Waals surface area contributed by atoms with Crippen molar-refractivity contribution in [2.45, 2.75) is 6.92 Å². The Morgan fingerprint density at radius 1 is 1.50 bits per heavy atom. The van der Waals surface area contributed by atoms with Gasteiger partial charge in [-0.15, -0.1) is 0 Å². The number of aryl methyl sites for hydroxylation is 1. The van der Waals surface area contributed by atoms with Gasteiger partial charge in [0, 0.05) is 0 Å². The molecule has 0 aliphatic carbocycles. The minimum atomic E-state index is -0.701. The van der Waals surface area contributed by atoms with Gasteiger partial charge in [0.15, 0.2) is 6.61 Å². The molecule has 6 heteroatoms. The summed E-state index contributed by atoms with van der Waals surface area (Å²) in [6, 6.07) is 4.57. The normalized spacial score (nSPS) is 9.81. The molecular formula is C10H12N2O4. The van der Waals surface area contributed by atoms with Gasteiger partial charge in [0.2, 0.25) is 5.91 Å². The molecule has 0 radical (unpaired) electrons. The molecule has 0 fully saturated rings. The van der Waals surface area contributed by atoms with Crippen molar-refractivity contribution in [1.82, 2.24) is 5.48 Å². The minimum absolute atomic E-state index is 0.0649. The van der Waals surface area contributed by atoms with Crippen molar-refractivity contribution in [3.05, 3.63) is 29.3 Å². The third-order valence-corrected chi connectivity index (χ3v) is 1.78. The van der Waals surface area contributed by atoms with Gasteiger partial charge in [0.05, 0.1) is 5.56 Å². The molecule has 1 rings (SSSR count). The van der Waals surface area contributed by atoms with Crippen LogP contribution in [0.1, 0.15) is 15.9 Å². The number of benzene rings is 1. The highest BCUT2D eigenvalue weighted by Crippen LogP contribution is 2.17. The van der Waals surface area contributed by atoms with Gasteiger partial charge in [0.25, 0.3) is 5.91 Å². The lowest BCUT2D eigenvalue weighted by atomic mass is 10.1. The van der Waals surface area contributed by atoms with Crippen molar-refractivity contribution >= 4 is 11.8 Å². The highest BCUT2D eigenvalue weighted by atomic mass is 16.7. The molecule has 16 heavy (non-hydrogen) atoms. The third-order valence-electron chi connectivity index (χ3n) is 1.78. The molecule has 2 amide bonds. The lowest BCUT2D eigenvalue weighted by Gasteiger charge is -2.06. The summed E-state index contributed by atoms with van der Waals surface area (Å²) in [6.45, 7) is 1.36. The van der Waals surface area contributed by atoms with Gasteiger partial charge in [-0.05, 0) is 24.6 Å². The Kier molecular flexibility index (Phi) is 3.84. The van der Waals surface area contributed by atoms with E-state index in [0.29, 0.717) is 0 Å². The third kappa shape index (κ3) is 3.25. The summed E-state index contributed by atoms with van der Waals surface area (Å²) in [7, 11) is 0. The van der Waals surface area contributed by atoms with Crippen LogP contribution < -0.4 is 11.2 Å². The van der Waals surface area contributed by atoms with Gasteiger partial charge < -0.3 is 10.8 Å². The molecule has 0 bridgehead atoms. The van der Waals surface area contributed by atoms with Crippen LogP contribution in [0.4, 0.5) is 0 Å². The first-order valence-corrected chi connectivity index (χ1v) is 4.50. The van der Waals surface area contributed by atoms with Crippen LogP contribution >= 0.6 is 0 Å². The number of primary amides is 1. The van der Waals surface area contributed by atoms with Crippen molar-refractivity contribution < 1.29 is 19.5 Å². The monoisotopic (exact) mass is 224 g/mol. The summed E-state index contributed by atoms with van der Waals surface area (Å²) in [5.74, 6) is -1.49. The van der Waals surface area contributed by atoms with E-state index in [9.17, 15) is 14.7 Å². The summed E-state index contributed by atoms with van der Waals surface area (Å²) in [5.41, 5.74) is 7.68. The maximum atomic E-state index is 11.4. The molecule has 0 unspecified atom stereocenters. The van der Waals surface area contributed by atoms with Gasteiger partial charge in [-0.25, -0.2) is 5.48 Å². The van der Waals surface area contributed by atoms with Crippen molar-refractivity contribution in [3.63, 3.8) is 0 Å². The fraction of sp³-hybridized carbons (Fsp3) is 0.200. The second-order valence-corrected chi connectivity index (χ2v) is 3.21. The first kappa shape index (κ1) is 12.0. The second-order valence-electron chi connectivity index (χ2n) is 3.21. The Balaban J connectivity index is 2.63. The maximum absolute atomic E-state index is 11.4. The van der Waals surface area contributed by atoms with Crippen LogP contribution in [0.15, 0.2) is 18.2 Å². The van der Waals surface area contributed by atoms with Crippen LogP contribution in [0.5, 0.6) is 5.75 Å². The van der Waals surface area contributed by atoms with E-state index in [2.05, 4.69) is 4.84 Å². The van der Waals surface area contributed by atoms with Crippen molar-refractivity contribution in [1.29, 1.82) is 0 Å². The average Bonchev–Trinajstić information content (AvgIpc) is 2.16. The highest BCUT2D eigenvalue weighted by molar-refractivity contribution is 5.96. The van der Waals surface area contributed by atoms with Crippen LogP contribution in [0.3, 0.4) is 0 Å². The Bertz CT molecular complexity index is 417. The first-order chi connectivity index (χ1) is 7.50. The molecular weight excluding hydrogens is 212 g/mol. The number of carbonyl (C=O) groups excluding carboxylic acids is 2. The zero-order chi connectivity index (χ0) is 12.1. The maximum Gasteiger partial charge on any atom is 0.278 e. The van der Waals surface area contributed by atoms with Gasteiger partial charge >= 0.3 is 0 Å². The van der Waals surface area contributed by atoms with E-state index in [1.807, 2.05) is 5.48 Å². The number of nitrogens with two attached hydrogens (primary N) is 1. The number of aromatic hydroxyl groups is 1. The molecule has 0 aliphatic heterocycles. The lowest BCUT2D eigenvalue weighted by Crippen LogP contribution is -2.29. The largest absolute Gasteiger partial charge is 0.507 e. The van der Waals surface area contributed by atoms with E-state index in [1.165, 1.54) is 12.1 Å². The smallest absolute Gasteiger partial charge is 0.278 e. The molecule has 6 nitrogen and oxygen atoms in total. The number of rotatable bonds is 4. The number of hydrogen-bond donors (Lipinski definition) is 3. The van der Waals surface area contributed by atoms with Crippen LogP contribution in [0, 0.1) is 6.92 Å². The van der Waals surface area contributed by atoms with Crippen molar-refractivity contribution in [2.24, 2.45) is 5.73 Å². The number of phenols is 1. The molecule has 86 valence electrons. The van der Waals surface area contributed by atoms with Crippen LogP contribution in [-0.2, 0) is 9.63 Å². The molecule has 0 saturated carbocycles. The molecule has 0 aromatic heterocycles. The average molecular weight is 224 g/mol. The Morgan fingerprint density at radius 3 is 2.75 bits per heavy atom. The quantitative estimate of drug-likeness (QED) is 0.619. The molecule has 1 aromatic rings. The SMILES string of the molecule is Cc1ccc(C(=O)NOCC(N)=O)c(O)c1. The van der Waals surface area contributed by atoms with E-state index in [0.717, 1.165) is 5.56 Å². The van der Waals surface area contributed by atoms with Gasteiger partial charge in [0.1, 0.15) is 5.75 Å². The molecule has 0 atom stereocenters. The standard InChI is InChI=1S/C10H12N2O4/c1-6-2-3-7(8(13)4-6)10(15)12-16-5-9(11)14/h2-4,13H,5H2,1H3,(H2,11,14)(H,12,15).